The second kappa shape index (κ2) is 7.64. The maximum absolute atomic E-state index is 5.93. The van der Waals surface area contributed by atoms with Crippen molar-refractivity contribution in [1.29, 1.82) is 0 Å². The van der Waals surface area contributed by atoms with Crippen LogP contribution in [0.2, 0.25) is 5.02 Å². The molecule has 0 amide bonds. The van der Waals surface area contributed by atoms with Crippen LogP contribution in [0.4, 0.5) is 11.4 Å². The molecule has 1 aliphatic carbocycles. The van der Waals surface area contributed by atoms with Crippen molar-refractivity contribution < 1.29 is 0 Å². The Morgan fingerprint density at radius 2 is 1.33 bits per heavy atom. The van der Waals surface area contributed by atoms with E-state index in [9.17, 15) is 0 Å². The van der Waals surface area contributed by atoms with Gasteiger partial charge in [-0.2, -0.15) is 15.3 Å². The van der Waals surface area contributed by atoms with Crippen molar-refractivity contribution in [1.82, 2.24) is 0 Å². The Balaban J connectivity index is 1.68. The molecule has 3 aromatic rings. The number of azo groups is 2. The third kappa shape index (κ3) is 4.01. The quantitative estimate of drug-likeness (QED) is 0.427. The molecule has 0 saturated heterocycles. The molecule has 0 atom stereocenters. The third-order valence-corrected chi connectivity index (χ3v) is 4.57. The number of halogens is 1. The molecule has 3 aromatic carbocycles. The van der Waals surface area contributed by atoms with E-state index in [2.05, 4.69) is 26.5 Å². The summed E-state index contributed by atoms with van der Waals surface area (Å²) in [6, 6.07) is 23.4. The Bertz CT molecular complexity index is 1050. The molecule has 132 valence electrons. The molecule has 0 aliphatic heterocycles. The van der Waals surface area contributed by atoms with Crippen molar-refractivity contribution in [3.63, 3.8) is 0 Å². The van der Waals surface area contributed by atoms with E-state index in [1.54, 1.807) is 12.1 Å². The fourth-order valence-corrected chi connectivity index (χ4v) is 2.99. The van der Waals surface area contributed by atoms with Gasteiger partial charge in [-0.1, -0.05) is 53.6 Å². The van der Waals surface area contributed by atoms with Gasteiger partial charge in [-0.05, 0) is 48.9 Å². The lowest BCUT2D eigenvalue weighted by Crippen LogP contribution is -1.81. The van der Waals surface area contributed by atoms with Crippen LogP contribution in [0.3, 0.4) is 0 Å². The average molecular weight is 373 g/mol. The summed E-state index contributed by atoms with van der Waals surface area (Å²) < 4.78 is 0. The van der Waals surface area contributed by atoms with Gasteiger partial charge in [-0.25, -0.2) is 0 Å². The molecule has 4 rings (SSSR count). The summed E-state index contributed by atoms with van der Waals surface area (Å²) in [5.74, 6) is 0. The van der Waals surface area contributed by atoms with Crippen LogP contribution in [0.1, 0.15) is 16.7 Å². The number of hydrogen-bond acceptors (Lipinski definition) is 4. The zero-order valence-electron chi connectivity index (χ0n) is 14.8. The topological polar surface area (TPSA) is 49.4 Å². The molecule has 0 heterocycles. The van der Waals surface area contributed by atoms with Crippen molar-refractivity contribution in [3.05, 3.63) is 100 Å². The molecule has 1 aliphatic rings. The number of fused-ring (bicyclic) bond motifs is 1. The van der Waals surface area contributed by atoms with Crippen LogP contribution in [0.5, 0.6) is 0 Å². The Labute approximate surface area is 163 Å². The Kier molecular flexibility index (Phi) is 4.90. The lowest BCUT2D eigenvalue weighted by molar-refractivity contribution is 1.05. The van der Waals surface area contributed by atoms with Crippen LogP contribution in [0, 0.1) is 6.92 Å². The molecule has 0 bridgehead atoms. The summed E-state index contributed by atoms with van der Waals surface area (Å²) in [7, 11) is 0. The highest BCUT2D eigenvalue weighted by molar-refractivity contribution is 6.30. The van der Waals surface area contributed by atoms with Gasteiger partial charge in [0.1, 0.15) is 5.70 Å². The summed E-state index contributed by atoms with van der Waals surface area (Å²) in [5, 5.41) is 18.4. The molecule has 0 N–H and O–H groups in total. The van der Waals surface area contributed by atoms with Crippen LogP contribution in [0.25, 0.3) is 5.70 Å². The van der Waals surface area contributed by atoms with Crippen molar-refractivity contribution >= 4 is 28.7 Å². The van der Waals surface area contributed by atoms with Gasteiger partial charge in [-0.15, -0.1) is 5.11 Å². The first-order chi connectivity index (χ1) is 13.2. The van der Waals surface area contributed by atoms with E-state index < -0.39 is 0 Å². The molecule has 0 fully saturated rings. The third-order valence-electron chi connectivity index (χ3n) is 4.32. The van der Waals surface area contributed by atoms with E-state index in [1.165, 1.54) is 11.1 Å². The first kappa shape index (κ1) is 17.3. The van der Waals surface area contributed by atoms with E-state index >= 15 is 0 Å². The Morgan fingerprint density at radius 3 is 2.07 bits per heavy atom. The summed E-state index contributed by atoms with van der Waals surface area (Å²) >= 11 is 5.93. The minimum Gasteiger partial charge on any atom is -0.152 e. The second-order valence-corrected chi connectivity index (χ2v) is 6.78. The number of rotatable bonds is 4. The lowest BCUT2D eigenvalue weighted by Gasteiger charge is -1.99. The highest BCUT2D eigenvalue weighted by Gasteiger charge is 2.21. The van der Waals surface area contributed by atoms with Gasteiger partial charge >= 0.3 is 0 Å². The lowest BCUT2D eigenvalue weighted by atomic mass is 10.1. The van der Waals surface area contributed by atoms with Gasteiger partial charge in [0.05, 0.1) is 17.1 Å². The highest BCUT2D eigenvalue weighted by atomic mass is 35.5. The minimum atomic E-state index is 0.673. The molecule has 4 nitrogen and oxygen atoms in total. The average Bonchev–Trinajstić information content (AvgIpc) is 3.05. The van der Waals surface area contributed by atoms with Crippen molar-refractivity contribution in [2.24, 2.45) is 20.5 Å². The molecular formula is C22H17ClN4. The Hall–Kier alpha value is -3.11. The molecule has 0 radical (unpaired) electrons. The normalized spacial score (nSPS) is 13.7. The highest BCUT2D eigenvalue weighted by Crippen LogP contribution is 2.36. The molecule has 0 aromatic heterocycles. The van der Waals surface area contributed by atoms with Crippen LogP contribution in [0.15, 0.2) is 99.0 Å². The maximum atomic E-state index is 5.93. The van der Waals surface area contributed by atoms with Gasteiger partial charge in [0.2, 0.25) is 0 Å². The summed E-state index contributed by atoms with van der Waals surface area (Å²) in [5.41, 5.74) is 6.56. The zero-order valence-corrected chi connectivity index (χ0v) is 15.6. The van der Waals surface area contributed by atoms with Gasteiger partial charge < -0.3 is 0 Å². The first-order valence-corrected chi connectivity index (χ1v) is 9.04. The van der Waals surface area contributed by atoms with Gasteiger partial charge in [0.15, 0.2) is 0 Å². The fourth-order valence-electron chi connectivity index (χ4n) is 2.86. The van der Waals surface area contributed by atoms with Crippen molar-refractivity contribution in [2.45, 2.75) is 13.3 Å². The second-order valence-electron chi connectivity index (χ2n) is 6.34. The largest absolute Gasteiger partial charge is 0.152 e. The molecule has 0 spiro atoms. The van der Waals surface area contributed by atoms with Crippen molar-refractivity contribution in [3.8, 4) is 0 Å². The van der Waals surface area contributed by atoms with E-state index in [4.69, 9.17) is 11.6 Å². The van der Waals surface area contributed by atoms with E-state index in [0.29, 0.717) is 11.4 Å². The summed E-state index contributed by atoms with van der Waals surface area (Å²) in [6.07, 6.45) is 0.695. The van der Waals surface area contributed by atoms with Crippen molar-refractivity contribution in [2.75, 3.05) is 0 Å². The smallest absolute Gasteiger partial charge is 0.117 e. The number of allylic oxidation sites excluding steroid dienone is 1. The minimum absolute atomic E-state index is 0.673. The fraction of sp³-hybridized carbons (Fsp3) is 0.0909. The maximum Gasteiger partial charge on any atom is 0.117 e. The Morgan fingerprint density at radius 1 is 0.704 bits per heavy atom. The van der Waals surface area contributed by atoms with Gasteiger partial charge in [0, 0.05) is 17.0 Å². The van der Waals surface area contributed by atoms with E-state index in [0.717, 1.165) is 28.3 Å². The molecule has 0 saturated carbocycles. The van der Waals surface area contributed by atoms with Crippen LogP contribution in [-0.4, -0.2) is 0 Å². The number of hydrogen-bond donors (Lipinski definition) is 0. The number of nitrogens with zero attached hydrogens (tertiary/aromatic N) is 4. The number of benzene rings is 3. The molecule has 0 unspecified atom stereocenters. The van der Waals surface area contributed by atoms with Gasteiger partial charge in [-0.3, -0.25) is 0 Å². The van der Waals surface area contributed by atoms with Crippen LogP contribution < -0.4 is 0 Å². The van der Waals surface area contributed by atoms with Gasteiger partial charge in [0.25, 0.3) is 0 Å². The van der Waals surface area contributed by atoms with E-state index in [1.807, 2.05) is 61.5 Å². The standard InChI is InChI=1S/C22H17ClN4/c1-15-6-10-18(11-7-15)24-26-21-14-16-4-2-3-5-20(16)22(21)27-25-19-12-8-17(23)9-13-19/h2-13H,14H2,1H3. The monoisotopic (exact) mass is 372 g/mol. The molecule has 27 heavy (non-hydrogen) atoms. The van der Waals surface area contributed by atoms with Crippen LogP contribution in [-0.2, 0) is 6.42 Å². The predicted molar refractivity (Wildman–Crippen MR) is 109 cm³/mol. The predicted octanol–water partition coefficient (Wildman–Crippen LogP) is 7.44. The zero-order chi connectivity index (χ0) is 18.6. The number of aryl methyl sites for hydroxylation is 1. The van der Waals surface area contributed by atoms with E-state index in [-0.39, 0.29) is 0 Å². The molecule has 5 heteroatoms. The SMILES string of the molecule is Cc1ccc(N=NC2=C(N=Nc3ccc(Cl)cc3)c3ccccc3C2)cc1. The summed E-state index contributed by atoms with van der Waals surface area (Å²) in [4.78, 5) is 0. The summed E-state index contributed by atoms with van der Waals surface area (Å²) in [6.45, 7) is 2.05. The first-order valence-electron chi connectivity index (χ1n) is 8.66. The van der Waals surface area contributed by atoms with Crippen LogP contribution >= 0.6 is 11.6 Å². The molecular weight excluding hydrogens is 356 g/mol.